The van der Waals surface area contributed by atoms with E-state index in [0.717, 1.165) is 23.4 Å². The van der Waals surface area contributed by atoms with E-state index in [2.05, 4.69) is 55.4 Å². The second-order valence-corrected chi connectivity index (χ2v) is 4.80. The van der Waals surface area contributed by atoms with E-state index >= 15 is 0 Å². The Labute approximate surface area is 108 Å². The number of fused-ring (bicyclic) bond motifs is 1. The molecule has 0 aliphatic carbocycles. The van der Waals surface area contributed by atoms with Crippen molar-refractivity contribution in [3.63, 3.8) is 0 Å². The highest BCUT2D eigenvalue weighted by Crippen LogP contribution is 2.20. The second kappa shape index (κ2) is 4.33. The number of hydrogen-bond acceptors (Lipinski definition) is 3. The van der Waals surface area contributed by atoms with Crippen molar-refractivity contribution in [1.82, 2.24) is 19.7 Å². The van der Waals surface area contributed by atoms with Crippen LogP contribution < -0.4 is 0 Å². The lowest BCUT2D eigenvalue weighted by molar-refractivity contribution is 0.342. The van der Waals surface area contributed by atoms with E-state index in [0.29, 0.717) is 0 Å². The molecule has 0 fully saturated rings. The summed E-state index contributed by atoms with van der Waals surface area (Å²) in [6.07, 6.45) is 5.77. The van der Waals surface area contributed by atoms with Gasteiger partial charge >= 0.3 is 0 Å². The molecule has 0 spiro atoms. The molecule has 2 aromatic rings. The highest BCUT2D eigenvalue weighted by atomic mass is 79.9. The molecule has 0 N–H and O–H groups in total. The predicted octanol–water partition coefficient (Wildman–Crippen LogP) is 2.48. The average molecular weight is 291 g/mol. The largest absolute Gasteiger partial charge is 0.364 e. The Kier molecular flexibility index (Phi) is 2.68. The molecule has 0 saturated heterocycles. The molecule has 86 valence electrons. The monoisotopic (exact) mass is 290 g/mol. The van der Waals surface area contributed by atoms with E-state index in [-0.39, 0.29) is 0 Å². The van der Waals surface area contributed by atoms with Crippen molar-refractivity contribution >= 4 is 22.1 Å². The first kappa shape index (κ1) is 10.5. The SMILES string of the molecule is Brc1ccccc1CN1C=Cn2cnnc2C1. The number of halogens is 1. The lowest BCUT2D eigenvalue weighted by Gasteiger charge is -2.23. The third-order valence-electron chi connectivity index (χ3n) is 2.76. The molecule has 2 heterocycles. The Hall–Kier alpha value is -1.62. The zero-order chi connectivity index (χ0) is 11.7. The van der Waals surface area contributed by atoms with Crippen LogP contribution >= 0.6 is 15.9 Å². The van der Waals surface area contributed by atoms with Gasteiger partial charge in [-0.15, -0.1) is 10.2 Å². The van der Waals surface area contributed by atoms with Gasteiger partial charge in [0.25, 0.3) is 0 Å². The van der Waals surface area contributed by atoms with Crippen molar-refractivity contribution in [3.05, 3.63) is 52.7 Å². The molecule has 1 aliphatic heterocycles. The van der Waals surface area contributed by atoms with Crippen molar-refractivity contribution < 1.29 is 0 Å². The molecular formula is C12H11BrN4. The summed E-state index contributed by atoms with van der Waals surface area (Å²) in [5.74, 6) is 0.972. The molecule has 1 aliphatic rings. The molecule has 0 amide bonds. The summed E-state index contributed by atoms with van der Waals surface area (Å²) in [5.41, 5.74) is 1.27. The Morgan fingerprint density at radius 2 is 2.12 bits per heavy atom. The standard InChI is InChI=1S/C12H11BrN4/c13-11-4-2-1-3-10(11)7-16-5-6-17-9-14-15-12(17)8-16/h1-6,9H,7-8H2. The van der Waals surface area contributed by atoms with Gasteiger partial charge in [-0.1, -0.05) is 34.1 Å². The van der Waals surface area contributed by atoms with E-state index in [1.807, 2.05) is 16.8 Å². The maximum absolute atomic E-state index is 4.08. The molecular weight excluding hydrogens is 280 g/mol. The van der Waals surface area contributed by atoms with Gasteiger partial charge in [0, 0.05) is 23.4 Å². The quantitative estimate of drug-likeness (QED) is 0.852. The minimum atomic E-state index is 0.790. The minimum Gasteiger partial charge on any atom is -0.364 e. The van der Waals surface area contributed by atoms with Crippen LogP contribution in [-0.2, 0) is 13.1 Å². The van der Waals surface area contributed by atoms with Gasteiger partial charge < -0.3 is 4.90 Å². The van der Waals surface area contributed by atoms with Crippen molar-refractivity contribution in [2.75, 3.05) is 0 Å². The number of rotatable bonds is 2. The van der Waals surface area contributed by atoms with Gasteiger partial charge in [0.15, 0.2) is 5.82 Å². The summed E-state index contributed by atoms with van der Waals surface area (Å²) in [6, 6.07) is 8.26. The normalized spacial score (nSPS) is 13.8. The topological polar surface area (TPSA) is 34.0 Å². The van der Waals surface area contributed by atoms with Gasteiger partial charge in [0.05, 0.1) is 6.54 Å². The molecule has 0 bridgehead atoms. The van der Waals surface area contributed by atoms with E-state index in [1.54, 1.807) is 6.33 Å². The summed E-state index contributed by atoms with van der Waals surface area (Å²) in [7, 11) is 0. The summed E-state index contributed by atoms with van der Waals surface area (Å²) in [5, 5.41) is 7.97. The fourth-order valence-electron chi connectivity index (χ4n) is 1.86. The van der Waals surface area contributed by atoms with Crippen LogP contribution in [0.3, 0.4) is 0 Å². The first-order valence-corrected chi connectivity index (χ1v) is 6.16. The van der Waals surface area contributed by atoms with Crippen molar-refractivity contribution in [3.8, 4) is 0 Å². The van der Waals surface area contributed by atoms with Crippen LogP contribution in [0.25, 0.3) is 6.20 Å². The lowest BCUT2D eigenvalue weighted by Crippen LogP contribution is -2.22. The molecule has 1 aromatic heterocycles. The molecule has 0 radical (unpaired) electrons. The Bertz CT molecular complexity index is 561. The van der Waals surface area contributed by atoms with Crippen LogP contribution in [0.2, 0.25) is 0 Å². The third-order valence-corrected chi connectivity index (χ3v) is 3.53. The Morgan fingerprint density at radius 1 is 1.24 bits per heavy atom. The summed E-state index contributed by atoms with van der Waals surface area (Å²) in [4.78, 5) is 2.21. The first-order chi connectivity index (χ1) is 8.33. The summed E-state index contributed by atoms with van der Waals surface area (Å²) in [6.45, 7) is 1.66. The van der Waals surface area contributed by atoms with Crippen LogP contribution in [0.5, 0.6) is 0 Å². The van der Waals surface area contributed by atoms with Crippen LogP contribution in [0, 0.1) is 0 Å². The summed E-state index contributed by atoms with van der Waals surface area (Å²) >= 11 is 3.56. The number of hydrogen-bond donors (Lipinski definition) is 0. The van der Waals surface area contributed by atoms with Crippen LogP contribution in [0.15, 0.2) is 41.3 Å². The van der Waals surface area contributed by atoms with E-state index in [4.69, 9.17) is 0 Å². The fourth-order valence-corrected chi connectivity index (χ4v) is 2.27. The number of nitrogens with zero attached hydrogens (tertiary/aromatic N) is 4. The Morgan fingerprint density at radius 3 is 3.00 bits per heavy atom. The van der Waals surface area contributed by atoms with Gasteiger partial charge in [-0.3, -0.25) is 4.57 Å². The van der Waals surface area contributed by atoms with E-state index < -0.39 is 0 Å². The van der Waals surface area contributed by atoms with Crippen molar-refractivity contribution in [1.29, 1.82) is 0 Å². The van der Waals surface area contributed by atoms with Crippen LogP contribution in [0.1, 0.15) is 11.4 Å². The maximum atomic E-state index is 4.08. The van der Waals surface area contributed by atoms with E-state index in [9.17, 15) is 0 Å². The van der Waals surface area contributed by atoms with Gasteiger partial charge in [-0.05, 0) is 11.6 Å². The fraction of sp³-hybridized carbons (Fsp3) is 0.167. The highest BCUT2D eigenvalue weighted by Gasteiger charge is 2.12. The molecule has 3 rings (SSSR count). The Balaban J connectivity index is 1.78. The molecule has 5 heteroatoms. The molecule has 4 nitrogen and oxygen atoms in total. The minimum absolute atomic E-state index is 0.790. The average Bonchev–Trinajstić information content (AvgIpc) is 2.79. The molecule has 1 aromatic carbocycles. The van der Waals surface area contributed by atoms with Crippen molar-refractivity contribution in [2.24, 2.45) is 0 Å². The van der Waals surface area contributed by atoms with Gasteiger partial charge in [-0.25, -0.2) is 0 Å². The number of aromatic nitrogens is 3. The van der Waals surface area contributed by atoms with Crippen LogP contribution in [-0.4, -0.2) is 19.7 Å². The highest BCUT2D eigenvalue weighted by molar-refractivity contribution is 9.10. The number of benzene rings is 1. The van der Waals surface area contributed by atoms with Gasteiger partial charge in [0.2, 0.25) is 0 Å². The van der Waals surface area contributed by atoms with Crippen molar-refractivity contribution in [2.45, 2.75) is 13.1 Å². The molecule has 0 unspecified atom stereocenters. The predicted molar refractivity (Wildman–Crippen MR) is 68.7 cm³/mol. The molecule has 0 saturated carbocycles. The zero-order valence-corrected chi connectivity index (χ0v) is 10.7. The summed E-state index contributed by atoms with van der Waals surface area (Å²) < 4.78 is 3.08. The first-order valence-electron chi connectivity index (χ1n) is 5.37. The van der Waals surface area contributed by atoms with E-state index in [1.165, 1.54) is 5.56 Å². The third kappa shape index (κ3) is 2.10. The van der Waals surface area contributed by atoms with Gasteiger partial charge in [0.1, 0.15) is 6.33 Å². The molecule has 17 heavy (non-hydrogen) atoms. The van der Waals surface area contributed by atoms with Gasteiger partial charge in [-0.2, -0.15) is 0 Å². The zero-order valence-electron chi connectivity index (χ0n) is 9.12. The maximum Gasteiger partial charge on any atom is 0.156 e. The molecule has 0 atom stereocenters. The smallest absolute Gasteiger partial charge is 0.156 e. The lowest BCUT2D eigenvalue weighted by atomic mass is 10.2. The second-order valence-electron chi connectivity index (χ2n) is 3.95. The van der Waals surface area contributed by atoms with Crippen LogP contribution in [0.4, 0.5) is 0 Å².